The zero-order valence-corrected chi connectivity index (χ0v) is 31.7. The standard InChI is InChI=1S/C36H65N7O6/c1-34(2,3)47-31(44)37-15-18-40-21-23-41(19-16-38-32(45)48-35(4,5)6)25-27-43(29-30-13-11-10-12-14-30)28-26-42(24-22-40)20-17-39-33(46)49-36(7,8)9/h10-14H,15-29H2,1-9H3,(H,37,44)(H,38,45)(H,39,46). The number of carbonyl (C=O) groups excluding carboxylic acids is 3. The number of amides is 3. The number of nitrogens with one attached hydrogen (secondary N) is 3. The molecule has 1 aromatic rings. The maximum Gasteiger partial charge on any atom is 0.407 e. The molecule has 0 radical (unpaired) electrons. The molecule has 13 heteroatoms. The molecule has 1 heterocycles. The summed E-state index contributed by atoms with van der Waals surface area (Å²) in [7, 11) is 0. The van der Waals surface area contributed by atoms with E-state index < -0.39 is 35.1 Å². The van der Waals surface area contributed by atoms with E-state index in [2.05, 4.69) is 59.8 Å². The molecule has 1 fully saturated rings. The van der Waals surface area contributed by atoms with Crippen LogP contribution in [0.15, 0.2) is 30.3 Å². The summed E-state index contributed by atoms with van der Waals surface area (Å²) >= 11 is 0. The van der Waals surface area contributed by atoms with Gasteiger partial charge in [-0.1, -0.05) is 30.3 Å². The average molecular weight is 692 g/mol. The molecule has 280 valence electrons. The minimum atomic E-state index is -0.562. The second kappa shape index (κ2) is 20.5. The van der Waals surface area contributed by atoms with Crippen LogP contribution in [0.3, 0.4) is 0 Å². The van der Waals surface area contributed by atoms with Crippen LogP contribution in [-0.2, 0) is 20.8 Å². The number of hydrogen-bond donors (Lipinski definition) is 3. The zero-order chi connectivity index (χ0) is 36.5. The molecule has 0 spiro atoms. The third-order valence-electron chi connectivity index (χ3n) is 7.47. The molecule has 0 aromatic heterocycles. The highest BCUT2D eigenvalue weighted by Crippen LogP contribution is 2.10. The molecule has 1 aromatic carbocycles. The number of alkyl carbamates (subject to hydrolysis) is 3. The monoisotopic (exact) mass is 691 g/mol. The first kappa shape index (κ1) is 42.0. The fraction of sp³-hybridized carbons (Fsp3) is 0.750. The van der Waals surface area contributed by atoms with Gasteiger partial charge in [0.15, 0.2) is 0 Å². The van der Waals surface area contributed by atoms with Gasteiger partial charge in [-0.05, 0) is 67.9 Å². The van der Waals surface area contributed by atoms with E-state index >= 15 is 0 Å². The first-order chi connectivity index (χ1) is 22.9. The molecular formula is C36H65N7O6. The molecule has 0 unspecified atom stereocenters. The Labute approximate surface area is 295 Å². The van der Waals surface area contributed by atoms with Crippen molar-refractivity contribution in [2.45, 2.75) is 85.7 Å². The lowest BCUT2D eigenvalue weighted by Gasteiger charge is -2.34. The molecule has 49 heavy (non-hydrogen) atoms. The second-order valence-corrected chi connectivity index (χ2v) is 15.6. The van der Waals surface area contributed by atoms with Crippen LogP contribution in [-0.4, -0.2) is 146 Å². The quantitative estimate of drug-likeness (QED) is 0.293. The normalized spacial score (nSPS) is 16.9. The van der Waals surface area contributed by atoms with Gasteiger partial charge in [0.25, 0.3) is 0 Å². The maximum atomic E-state index is 12.3. The largest absolute Gasteiger partial charge is 0.444 e. The average Bonchev–Trinajstić information content (AvgIpc) is 2.95. The van der Waals surface area contributed by atoms with E-state index in [-0.39, 0.29) is 0 Å². The lowest BCUT2D eigenvalue weighted by Crippen LogP contribution is -2.49. The number of benzene rings is 1. The van der Waals surface area contributed by atoms with Crippen LogP contribution in [0.5, 0.6) is 0 Å². The Hall–Kier alpha value is -3.13. The predicted octanol–water partition coefficient (Wildman–Crippen LogP) is 3.98. The van der Waals surface area contributed by atoms with Crippen molar-refractivity contribution in [3.8, 4) is 0 Å². The summed E-state index contributed by atoms with van der Waals surface area (Å²) in [6, 6.07) is 10.5. The van der Waals surface area contributed by atoms with Gasteiger partial charge in [0.2, 0.25) is 0 Å². The Balaban J connectivity index is 2.15. The van der Waals surface area contributed by atoms with Gasteiger partial charge in [-0.15, -0.1) is 0 Å². The molecule has 1 aliphatic rings. The highest BCUT2D eigenvalue weighted by atomic mass is 16.6. The van der Waals surface area contributed by atoms with Gasteiger partial charge >= 0.3 is 18.3 Å². The van der Waals surface area contributed by atoms with Gasteiger partial charge in [-0.25, -0.2) is 14.4 Å². The van der Waals surface area contributed by atoms with Crippen LogP contribution in [0.1, 0.15) is 67.9 Å². The van der Waals surface area contributed by atoms with E-state index in [1.807, 2.05) is 68.4 Å². The van der Waals surface area contributed by atoms with Crippen LogP contribution >= 0.6 is 0 Å². The summed E-state index contributed by atoms with van der Waals surface area (Å²) in [5.74, 6) is 0. The summed E-state index contributed by atoms with van der Waals surface area (Å²) in [5.41, 5.74) is -0.408. The highest BCUT2D eigenvalue weighted by molar-refractivity contribution is 5.68. The SMILES string of the molecule is CC(C)(C)OC(=O)NCCN1CCN(CCNC(=O)OC(C)(C)C)CCN(Cc2ccccc2)CCN(CCNC(=O)OC(C)(C)C)CC1. The summed E-state index contributed by atoms with van der Waals surface area (Å²) in [4.78, 5) is 46.6. The van der Waals surface area contributed by atoms with Crippen molar-refractivity contribution in [2.75, 3.05) is 91.6 Å². The first-order valence-corrected chi connectivity index (χ1v) is 17.7. The van der Waals surface area contributed by atoms with Gasteiger partial charge in [-0.2, -0.15) is 0 Å². The van der Waals surface area contributed by atoms with Crippen molar-refractivity contribution >= 4 is 18.3 Å². The summed E-state index contributed by atoms with van der Waals surface area (Å²) < 4.78 is 16.3. The van der Waals surface area contributed by atoms with E-state index in [9.17, 15) is 14.4 Å². The Kier molecular flexibility index (Phi) is 17.6. The van der Waals surface area contributed by atoms with Crippen molar-refractivity contribution in [3.05, 3.63) is 35.9 Å². The van der Waals surface area contributed by atoms with E-state index in [1.165, 1.54) is 5.56 Å². The number of rotatable bonds is 11. The minimum Gasteiger partial charge on any atom is -0.444 e. The first-order valence-electron chi connectivity index (χ1n) is 17.7. The van der Waals surface area contributed by atoms with Crippen molar-refractivity contribution in [1.82, 2.24) is 35.6 Å². The van der Waals surface area contributed by atoms with Gasteiger partial charge in [-0.3, -0.25) is 19.6 Å². The Morgan fingerprint density at radius 2 is 0.796 bits per heavy atom. The lowest BCUT2D eigenvalue weighted by molar-refractivity contribution is 0.0500. The molecule has 0 atom stereocenters. The molecule has 1 saturated heterocycles. The smallest absolute Gasteiger partial charge is 0.407 e. The van der Waals surface area contributed by atoms with Gasteiger partial charge in [0.1, 0.15) is 16.8 Å². The number of nitrogens with zero attached hydrogens (tertiary/aromatic N) is 4. The van der Waals surface area contributed by atoms with Crippen LogP contribution in [0.2, 0.25) is 0 Å². The Bertz CT molecular complexity index is 1070. The van der Waals surface area contributed by atoms with E-state index in [4.69, 9.17) is 14.2 Å². The second-order valence-electron chi connectivity index (χ2n) is 15.6. The maximum absolute atomic E-state index is 12.3. The summed E-state index contributed by atoms with van der Waals surface area (Å²) in [5, 5.41) is 8.71. The van der Waals surface area contributed by atoms with Gasteiger partial charge in [0, 0.05) is 98.2 Å². The van der Waals surface area contributed by atoms with Crippen LogP contribution in [0, 0.1) is 0 Å². The lowest BCUT2D eigenvalue weighted by atomic mass is 10.2. The topological polar surface area (TPSA) is 128 Å². The fourth-order valence-corrected chi connectivity index (χ4v) is 5.14. The summed E-state index contributed by atoms with van der Waals surface area (Å²) in [6.07, 6.45) is -1.25. The molecule has 1 aliphatic heterocycles. The van der Waals surface area contributed by atoms with Crippen LogP contribution in [0.25, 0.3) is 0 Å². The number of hydrogen-bond acceptors (Lipinski definition) is 10. The van der Waals surface area contributed by atoms with Gasteiger partial charge in [0.05, 0.1) is 0 Å². The summed E-state index contributed by atoms with van der Waals surface area (Å²) in [6.45, 7) is 27.5. The van der Waals surface area contributed by atoms with Crippen LogP contribution < -0.4 is 16.0 Å². The zero-order valence-electron chi connectivity index (χ0n) is 31.7. The molecular weight excluding hydrogens is 626 g/mol. The van der Waals surface area contributed by atoms with E-state index in [0.29, 0.717) is 39.3 Å². The predicted molar refractivity (Wildman–Crippen MR) is 194 cm³/mol. The van der Waals surface area contributed by atoms with E-state index in [1.54, 1.807) is 0 Å². The van der Waals surface area contributed by atoms with Crippen molar-refractivity contribution in [1.29, 1.82) is 0 Å². The third-order valence-corrected chi connectivity index (χ3v) is 7.47. The van der Waals surface area contributed by atoms with Crippen LogP contribution in [0.4, 0.5) is 14.4 Å². The van der Waals surface area contributed by atoms with E-state index in [0.717, 1.165) is 58.9 Å². The molecule has 3 amide bonds. The molecule has 3 N–H and O–H groups in total. The Morgan fingerprint density at radius 1 is 0.510 bits per heavy atom. The minimum absolute atomic E-state index is 0.413. The molecule has 0 bridgehead atoms. The fourth-order valence-electron chi connectivity index (χ4n) is 5.14. The molecule has 0 saturated carbocycles. The van der Waals surface area contributed by atoms with Crippen molar-refractivity contribution in [3.63, 3.8) is 0 Å². The Morgan fingerprint density at radius 3 is 1.08 bits per heavy atom. The van der Waals surface area contributed by atoms with Crippen molar-refractivity contribution in [2.24, 2.45) is 0 Å². The third kappa shape index (κ3) is 21.5. The number of carbonyl (C=O) groups is 3. The van der Waals surface area contributed by atoms with Crippen molar-refractivity contribution < 1.29 is 28.6 Å². The van der Waals surface area contributed by atoms with Gasteiger partial charge < -0.3 is 30.2 Å². The molecule has 2 rings (SSSR count). The number of ether oxygens (including phenoxy) is 3. The molecule has 13 nitrogen and oxygen atoms in total. The highest BCUT2D eigenvalue weighted by Gasteiger charge is 2.21. The molecule has 0 aliphatic carbocycles.